The largest absolute Gasteiger partial charge is 0.467 e. The number of fused-ring (bicyclic) bond motifs is 3. The quantitative estimate of drug-likeness (QED) is 0.489. The number of rotatable bonds is 5. The van der Waals surface area contributed by atoms with Crippen LogP contribution < -0.4 is 10.6 Å². The fourth-order valence-electron chi connectivity index (χ4n) is 3.13. The van der Waals surface area contributed by atoms with Gasteiger partial charge in [0.25, 0.3) is 5.91 Å². The molecule has 0 radical (unpaired) electrons. The summed E-state index contributed by atoms with van der Waals surface area (Å²) in [5, 5.41) is 7.19. The predicted molar refractivity (Wildman–Crippen MR) is 108 cm³/mol. The van der Waals surface area contributed by atoms with Crippen molar-refractivity contribution < 1.29 is 28.0 Å². The number of hydrogen-bond donors (Lipinski definition) is 2. The second-order valence-electron chi connectivity index (χ2n) is 6.61. The minimum absolute atomic E-state index is 0.0245. The molecule has 0 atom stereocenters. The van der Waals surface area contributed by atoms with Crippen LogP contribution in [0.4, 0.5) is 4.79 Å². The number of amides is 3. The van der Waals surface area contributed by atoms with E-state index in [0.29, 0.717) is 16.9 Å². The maximum Gasteiger partial charge on any atom is 0.375 e. The van der Waals surface area contributed by atoms with Gasteiger partial charge in [0, 0.05) is 16.3 Å². The maximum atomic E-state index is 12.4. The molecule has 8 heteroatoms. The number of carbonyl (C=O) groups excluding carboxylic acids is 3. The zero-order chi connectivity index (χ0) is 21.1. The average molecular weight is 406 g/mol. The molecule has 0 fully saturated rings. The van der Waals surface area contributed by atoms with Gasteiger partial charge in [0.2, 0.25) is 5.76 Å². The number of nitrogens with one attached hydrogen (secondary N) is 2. The normalized spacial score (nSPS) is 10.8. The topological polar surface area (TPSA) is 111 Å². The number of hydrogen-bond acceptors (Lipinski definition) is 6. The van der Waals surface area contributed by atoms with E-state index >= 15 is 0 Å². The summed E-state index contributed by atoms with van der Waals surface area (Å²) in [5.41, 5.74) is 1.21. The summed E-state index contributed by atoms with van der Waals surface area (Å²) in [4.78, 5) is 36.0. The molecule has 0 aliphatic rings. The Morgan fingerprint density at radius 2 is 1.83 bits per heavy atom. The second kappa shape index (κ2) is 8.12. The van der Waals surface area contributed by atoms with Crippen molar-refractivity contribution in [1.82, 2.24) is 10.6 Å². The van der Waals surface area contributed by atoms with Crippen LogP contribution in [-0.2, 0) is 16.1 Å². The molecule has 2 aromatic carbocycles. The van der Waals surface area contributed by atoms with Crippen molar-refractivity contribution in [3.63, 3.8) is 0 Å². The van der Waals surface area contributed by atoms with E-state index in [1.165, 1.54) is 6.26 Å². The zero-order valence-corrected chi connectivity index (χ0v) is 16.1. The molecule has 0 aliphatic heterocycles. The van der Waals surface area contributed by atoms with Gasteiger partial charge in [0.05, 0.1) is 12.8 Å². The third kappa shape index (κ3) is 3.88. The van der Waals surface area contributed by atoms with E-state index < -0.39 is 24.5 Å². The van der Waals surface area contributed by atoms with Gasteiger partial charge >= 0.3 is 12.0 Å². The summed E-state index contributed by atoms with van der Waals surface area (Å²) >= 11 is 0. The van der Waals surface area contributed by atoms with Crippen molar-refractivity contribution in [2.45, 2.75) is 13.5 Å². The van der Waals surface area contributed by atoms with Crippen LogP contribution in [0.2, 0.25) is 0 Å². The predicted octanol–water partition coefficient (Wildman–Crippen LogP) is 3.67. The van der Waals surface area contributed by atoms with Gasteiger partial charge in [-0.1, -0.05) is 36.4 Å². The molecule has 0 aliphatic carbocycles. The monoisotopic (exact) mass is 406 g/mol. The van der Waals surface area contributed by atoms with E-state index in [9.17, 15) is 14.4 Å². The molecule has 0 saturated carbocycles. The second-order valence-corrected chi connectivity index (χ2v) is 6.61. The Balaban J connectivity index is 1.38. The summed E-state index contributed by atoms with van der Waals surface area (Å²) in [5.74, 6) is -0.980. The van der Waals surface area contributed by atoms with Crippen molar-refractivity contribution in [3.8, 4) is 0 Å². The number of benzene rings is 2. The van der Waals surface area contributed by atoms with E-state index in [-0.39, 0.29) is 12.3 Å². The number of furan rings is 2. The van der Waals surface area contributed by atoms with Crippen LogP contribution >= 0.6 is 0 Å². The first-order valence-corrected chi connectivity index (χ1v) is 9.21. The molecule has 152 valence electrons. The van der Waals surface area contributed by atoms with Crippen molar-refractivity contribution in [1.29, 1.82) is 0 Å². The first-order valence-electron chi connectivity index (χ1n) is 9.21. The van der Waals surface area contributed by atoms with Crippen LogP contribution in [-0.4, -0.2) is 24.5 Å². The molecule has 2 aromatic heterocycles. The molecule has 2 heterocycles. The number of aryl methyl sites for hydroxylation is 1. The Labute approximate surface area is 170 Å². The fraction of sp³-hybridized carbons (Fsp3) is 0.136. The lowest BCUT2D eigenvalue weighted by Crippen LogP contribution is -2.41. The Morgan fingerprint density at radius 1 is 1.00 bits per heavy atom. The summed E-state index contributed by atoms with van der Waals surface area (Å²) in [6.45, 7) is 1.25. The van der Waals surface area contributed by atoms with E-state index in [1.54, 1.807) is 19.1 Å². The van der Waals surface area contributed by atoms with Gasteiger partial charge in [0.15, 0.2) is 6.61 Å². The first-order chi connectivity index (χ1) is 14.5. The molecular formula is C22H18N2O6. The Hall–Kier alpha value is -4.07. The smallest absolute Gasteiger partial charge is 0.375 e. The van der Waals surface area contributed by atoms with Crippen molar-refractivity contribution in [2.24, 2.45) is 0 Å². The minimum atomic E-state index is -0.779. The van der Waals surface area contributed by atoms with Gasteiger partial charge in [-0.05, 0) is 24.4 Å². The van der Waals surface area contributed by atoms with Crippen molar-refractivity contribution >= 4 is 39.6 Å². The number of urea groups is 1. The number of esters is 1. The number of ether oxygens (including phenoxy) is 1. The summed E-state index contributed by atoms with van der Waals surface area (Å²) < 4.78 is 15.9. The maximum absolute atomic E-state index is 12.4. The van der Waals surface area contributed by atoms with E-state index in [4.69, 9.17) is 13.6 Å². The average Bonchev–Trinajstić information content (AvgIpc) is 3.38. The molecule has 2 N–H and O–H groups in total. The fourth-order valence-corrected chi connectivity index (χ4v) is 3.13. The number of imide groups is 1. The van der Waals surface area contributed by atoms with Crippen LogP contribution in [0.3, 0.4) is 0 Å². The molecule has 8 nitrogen and oxygen atoms in total. The van der Waals surface area contributed by atoms with E-state index in [0.717, 1.165) is 16.2 Å². The Bertz CT molecular complexity index is 1240. The molecule has 0 spiro atoms. The lowest BCUT2D eigenvalue weighted by molar-refractivity contribution is -0.123. The lowest BCUT2D eigenvalue weighted by atomic mass is 10.1. The van der Waals surface area contributed by atoms with Gasteiger partial charge in [-0.2, -0.15) is 0 Å². The van der Waals surface area contributed by atoms with Crippen LogP contribution in [0.25, 0.3) is 21.7 Å². The SMILES string of the molecule is Cc1c(C(=O)OCC(=O)NC(=O)NCc2ccco2)oc2c1ccc1ccccc12. The third-order valence-electron chi connectivity index (χ3n) is 4.60. The first kappa shape index (κ1) is 19.3. The summed E-state index contributed by atoms with van der Waals surface area (Å²) in [6, 6.07) is 14.1. The van der Waals surface area contributed by atoms with Gasteiger partial charge in [-0.25, -0.2) is 9.59 Å². The van der Waals surface area contributed by atoms with Crippen LogP contribution in [0.15, 0.2) is 63.6 Å². The molecular weight excluding hydrogens is 388 g/mol. The van der Waals surface area contributed by atoms with E-state index in [2.05, 4.69) is 10.6 Å². The molecule has 3 amide bonds. The lowest BCUT2D eigenvalue weighted by Gasteiger charge is -2.06. The third-order valence-corrected chi connectivity index (χ3v) is 4.60. The van der Waals surface area contributed by atoms with Crippen LogP contribution in [0.1, 0.15) is 21.9 Å². The Morgan fingerprint density at radius 3 is 2.63 bits per heavy atom. The van der Waals surface area contributed by atoms with Gasteiger partial charge in [-0.3, -0.25) is 10.1 Å². The van der Waals surface area contributed by atoms with E-state index in [1.807, 2.05) is 36.4 Å². The van der Waals surface area contributed by atoms with Gasteiger partial charge in [-0.15, -0.1) is 0 Å². The van der Waals surface area contributed by atoms with Gasteiger partial charge < -0.3 is 18.9 Å². The molecule has 0 bridgehead atoms. The van der Waals surface area contributed by atoms with Crippen molar-refractivity contribution in [3.05, 3.63) is 71.9 Å². The molecule has 0 unspecified atom stereocenters. The number of carbonyl (C=O) groups is 3. The Kier molecular flexibility index (Phi) is 5.21. The van der Waals surface area contributed by atoms with Crippen molar-refractivity contribution in [2.75, 3.05) is 6.61 Å². The summed E-state index contributed by atoms with van der Waals surface area (Å²) in [6.07, 6.45) is 1.47. The highest BCUT2D eigenvalue weighted by Crippen LogP contribution is 2.31. The standard InChI is InChI=1S/C22H18N2O6/c1-13-16-9-8-14-5-2-3-7-17(14)20(16)30-19(13)21(26)29-12-18(25)24-22(27)23-11-15-6-4-10-28-15/h2-10H,11-12H2,1H3,(H2,23,24,25,27). The molecule has 4 aromatic rings. The summed E-state index contributed by atoms with van der Waals surface area (Å²) in [7, 11) is 0. The zero-order valence-electron chi connectivity index (χ0n) is 16.1. The highest BCUT2D eigenvalue weighted by atomic mass is 16.5. The molecule has 30 heavy (non-hydrogen) atoms. The molecule has 4 rings (SSSR count). The molecule has 0 saturated heterocycles. The van der Waals surface area contributed by atoms with Gasteiger partial charge in [0.1, 0.15) is 11.3 Å². The highest BCUT2D eigenvalue weighted by Gasteiger charge is 2.21. The minimum Gasteiger partial charge on any atom is -0.467 e. The van der Waals surface area contributed by atoms with Crippen LogP contribution in [0, 0.1) is 6.92 Å². The highest BCUT2D eigenvalue weighted by molar-refractivity contribution is 6.08. The van der Waals surface area contributed by atoms with Crippen LogP contribution in [0.5, 0.6) is 0 Å².